The van der Waals surface area contributed by atoms with Crippen LogP contribution in [-0.2, 0) is 22.4 Å². The van der Waals surface area contributed by atoms with Gasteiger partial charge in [-0.1, -0.05) is 18.2 Å². The molecule has 0 spiro atoms. The Balaban J connectivity index is 1.32. The topological polar surface area (TPSA) is 76.7 Å². The van der Waals surface area contributed by atoms with Gasteiger partial charge in [0.2, 0.25) is 0 Å². The minimum Gasteiger partial charge on any atom is -0.484 e. The van der Waals surface area contributed by atoms with E-state index in [2.05, 4.69) is 16.7 Å². The number of hydrogen-bond acceptors (Lipinski definition) is 4. The summed E-state index contributed by atoms with van der Waals surface area (Å²) >= 11 is 0. The van der Waals surface area contributed by atoms with E-state index in [1.165, 1.54) is 24.0 Å². The molecule has 158 valence electrons. The van der Waals surface area contributed by atoms with E-state index in [-0.39, 0.29) is 24.5 Å². The molecule has 2 amide bonds. The molecule has 2 N–H and O–H groups in total. The number of carbonyl (C=O) groups excluding carboxylic acids is 2. The number of carbonyl (C=O) groups is 2. The Morgan fingerprint density at radius 1 is 1.03 bits per heavy atom. The number of rotatable bonds is 7. The first-order chi connectivity index (χ1) is 14.7. The maximum atomic E-state index is 12.6. The van der Waals surface area contributed by atoms with Crippen LogP contribution in [0.3, 0.4) is 0 Å². The molecule has 1 aliphatic heterocycles. The van der Waals surface area contributed by atoms with Crippen molar-refractivity contribution in [3.05, 3.63) is 59.2 Å². The third-order valence-corrected chi connectivity index (χ3v) is 5.65. The van der Waals surface area contributed by atoms with Crippen molar-refractivity contribution in [2.45, 2.75) is 44.6 Å². The molecule has 2 aliphatic rings. The largest absolute Gasteiger partial charge is 0.484 e. The lowest BCUT2D eigenvalue weighted by Crippen LogP contribution is -2.32. The van der Waals surface area contributed by atoms with E-state index in [1.54, 1.807) is 24.3 Å². The standard InChI is InChI=1S/C24H28N2O4/c27-23(16-30-19-12-11-17-6-1-2-7-18(17)14-19)26-22-10-4-3-9-21(22)24(28)25-15-20-8-5-13-29-20/h3-4,9-12,14,20H,1-2,5-8,13,15-16H2,(H,25,28)(H,26,27)/t20-/m1/s1. The smallest absolute Gasteiger partial charge is 0.262 e. The third kappa shape index (κ3) is 5.19. The Bertz CT molecular complexity index is 906. The first-order valence-corrected chi connectivity index (χ1v) is 10.7. The van der Waals surface area contributed by atoms with Crippen molar-refractivity contribution in [1.82, 2.24) is 5.32 Å². The zero-order valence-electron chi connectivity index (χ0n) is 17.1. The van der Waals surface area contributed by atoms with Crippen LogP contribution in [0.15, 0.2) is 42.5 Å². The van der Waals surface area contributed by atoms with E-state index in [0.717, 1.165) is 32.3 Å². The van der Waals surface area contributed by atoms with Gasteiger partial charge < -0.3 is 20.1 Å². The van der Waals surface area contributed by atoms with Crippen molar-refractivity contribution >= 4 is 17.5 Å². The van der Waals surface area contributed by atoms with Crippen molar-refractivity contribution in [2.75, 3.05) is 25.1 Å². The lowest BCUT2D eigenvalue weighted by Gasteiger charge is -2.17. The summed E-state index contributed by atoms with van der Waals surface area (Å²) in [6.07, 6.45) is 6.66. The molecule has 1 saturated heterocycles. The molecule has 0 unspecified atom stereocenters. The summed E-state index contributed by atoms with van der Waals surface area (Å²) in [5.41, 5.74) is 3.59. The van der Waals surface area contributed by atoms with Gasteiger partial charge in [0.1, 0.15) is 5.75 Å². The molecule has 6 nitrogen and oxygen atoms in total. The van der Waals surface area contributed by atoms with Crippen LogP contribution in [0.25, 0.3) is 0 Å². The van der Waals surface area contributed by atoms with Crippen LogP contribution >= 0.6 is 0 Å². The van der Waals surface area contributed by atoms with Crippen LogP contribution in [-0.4, -0.2) is 37.7 Å². The van der Waals surface area contributed by atoms with Gasteiger partial charge >= 0.3 is 0 Å². The van der Waals surface area contributed by atoms with Gasteiger partial charge in [0.25, 0.3) is 11.8 Å². The second-order valence-corrected chi connectivity index (χ2v) is 7.87. The molecule has 2 aromatic carbocycles. The lowest BCUT2D eigenvalue weighted by atomic mass is 9.92. The fourth-order valence-corrected chi connectivity index (χ4v) is 4.03. The first kappa shape index (κ1) is 20.4. The van der Waals surface area contributed by atoms with Crippen molar-refractivity contribution in [1.29, 1.82) is 0 Å². The van der Waals surface area contributed by atoms with E-state index < -0.39 is 0 Å². The lowest BCUT2D eigenvalue weighted by molar-refractivity contribution is -0.118. The van der Waals surface area contributed by atoms with E-state index in [4.69, 9.17) is 9.47 Å². The predicted molar refractivity (Wildman–Crippen MR) is 115 cm³/mol. The van der Waals surface area contributed by atoms with E-state index >= 15 is 0 Å². The summed E-state index contributed by atoms with van der Waals surface area (Å²) in [5.74, 6) is 0.178. The number of aryl methyl sites for hydroxylation is 2. The predicted octanol–water partition coefficient (Wildman–Crippen LogP) is 3.49. The molecule has 1 fully saturated rings. The molecule has 0 saturated carbocycles. The van der Waals surface area contributed by atoms with E-state index in [1.807, 2.05) is 12.1 Å². The molecule has 1 heterocycles. The Morgan fingerprint density at radius 2 is 1.87 bits per heavy atom. The van der Waals surface area contributed by atoms with Gasteiger partial charge in [-0.3, -0.25) is 9.59 Å². The highest BCUT2D eigenvalue weighted by molar-refractivity contribution is 6.04. The number of para-hydroxylation sites is 1. The molecule has 0 aromatic heterocycles. The number of ether oxygens (including phenoxy) is 2. The SMILES string of the molecule is O=C(COc1ccc2c(c1)CCCC2)Nc1ccccc1C(=O)NC[C@H]1CCCO1. The fraction of sp³-hybridized carbons (Fsp3) is 0.417. The van der Waals surface area contributed by atoms with Crippen LogP contribution in [0.5, 0.6) is 5.75 Å². The third-order valence-electron chi connectivity index (χ3n) is 5.65. The van der Waals surface area contributed by atoms with Crippen LogP contribution in [0.4, 0.5) is 5.69 Å². The summed E-state index contributed by atoms with van der Waals surface area (Å²) in [7, 11) is 0. The molecule has 0 bridgehead atoms. The van der Waals surface area contributed by atoms with Crippen LogP contribution < -0.4 is 15.4 Å². The second-order valence-electron chi connectivity index (χ2n) is 7.87. The molecule has 30 heavy (non-hydrogen) atoms. The van der Waals surface area contributed by atoms with Gasteiger partial charge in [0, 0.05) is 13.2 Å². The van der Waals surface area contributed by atoms with Gasteiger partial charge in [0.15, 0.2) is 6.61 Å². The fourth-order valence-electron chi connectivity index (χ4n) is 4.03. The summed E-state index contributed by atoms with van der Waals surface area (Å²) in [5, 5.41) is 5.69. The van der Waals surface area contributed by atoms with Gasteiger partial charge in [-0.25, -0.2) is 0 Å². The highest BCUT2D eigenvalue weighted by Crippen LogP contribution is 2.25. The maximum Gasteiger partial charge on any atom is 0.262 e. The number of fused-ring (bicyclic) bond motifs is 1. The summed E-state index contributed by atoms with van der Waals surface area (Å²) in [6, 6.07) is 13.0. The number of anilines is 1. The van der Waals surface area contributed by atoms with Gasteiger partial charge in [0.05, 0.1) is 17.4 Å². The average molecular weight is 408 g/mol. The van der Waals surface area contributed by atoms with Crippen molar-refractivity contribution in [2.24, 2.45) is 0 Å². The molecule has 0 radical (unpaired) electrons. The van der Waals surface area contributed by atoms with Crippen molar-refractivity contribution in [3.63, 3.8) is 0 Å². The molecule has 4 rings (SSSR count). The quantitative estimate of drug-likeness (QED) is 0.735. The highest BCUT2D eigenvalue weighted by atomic mass is 16.5. The van der Waals surface area contributed by atoms with Gasteiger partial charge in [-0.2, -0.15) is 0 Å². The van der Waals surface area contributed by atoms with Crippen LogP contribution in [0.2, 0.25) is 0 Å². The maximum absolute atomic E-state index is 12.6. The van der Waals surface area contributed by atoms with Crippen LogP contribution in [0, 0.1) is 0 Å². The summed E-state index contributed by atoms with van der Waals surface area (Å²) in [6.45, 7) is 1.12. The monoisotopic (exact) mass is 408 g/mol. The molecular weight excluding hydrogens is 380 g/mol. The highest BCUT2D eigenvalue weighted by Gasteiger charge is 2.18. The summed E-state index contributed by atoms with van der Waals surface area (Å²) < 4.78 is 11.2. The van der Waals surface area contributed by atoms with Gasteiger partial charge in [-0.15, -0.1) is 0 Å². The average Bonchev–Trinajstić information content (AvgIpc) is 3.30. The number of hydrogen-bond donors (Lipinski definition) is 2. The zero-order valence-corrected chi connectivity index (χ0v) is 17.1. The minimum atomic E-state index is -0.299. The van der Waals surface area contributed by atoms with Crippen LogP contribution in [0.1, 0.15) is 47.2 Å². The molecule has 2 aromatic rings. The minimum absolute atomic E-state index is 0.0701. The Labute approximate surface area is 177 Å². The number of nitrogens with one attached hydrogen (secondary N) is 2. The Morgan fingerprint density at radius 3 is 2.70 bits per heavy atom. The Hall–Kier alpha value is -2.86. The molecule has 1 atom stereocenters. The molecule has 1 aliphatic carbocycles. The number of amides is 2. The van der Waals surface area contributed by atoms with Crippen molar-refractivity contribution in [3.8, 4) is 5.75 Å². The van der Waals surface area contributed by atoms with E-state index in [0.29, 0.717) is 23.5 Å². The second kappa shape index (κ2) is 9.76. The first-order valence-electron chi connectivity index (χ1n) is 10.7. The van der Waals surface area contributed by atoms with Gasteiger partial charge in [-0.05, 0) is 73.9 Å². The van der Waals surface area contributed by atoms with E-state index in [9.17, 15) is 9.59 Å². The number of benzene rings is 2. The summed E-state index contributed by atoms with van der Waals surface area (Å²) in [4.78, 5) is 25.0. The zero-order chi connectivity index (χ0) is 20.8. The molecule has 6 heteroatoms. The Kier molecular flexibility index (Phi) is 6.64. The normalized spacial score (nSPS) is 17.8. The molecular formula is C24H28N2O4. The van der Waals surface area contributed by atoms with Crippen molar-refractivity contribution < 1.29 is 19.1 Å².